The zero-order valence-electron chi connectivity index (χ0n) is 19.0. The molecule has 1 fully saturated rings. The summed E-state index contributed by atoms with van der Waals surface area (Å²) < 4.78 is 101. The Hall–Kier alpha value is -3.24. The molecule has 4 nitrogen and oxygen atoms in total. The van der Waals surface area contributed by atoms with Crippen LogP contribution in [0.1, 0.15) is 37.2 Å². The molecule has 192 valence electrons. The Labute approximate surface area is 203 Å². The maximum absolute atomic E-state index is 14.7. The number of phenols is 1. The molecule has 36 heavy (non-hydrogen) atoms. The Morgan fingerprint density at radius 2 is 1.42 bits per heavy atom. The van der Waals surface area contributed by atoms with Gasteiger partial charge in [0.15, 0.2) is 23.7 Å². The number of hydrogen-bond acceptors (Lipinski definition) is 4. The maximum Gasteiger partial charge on any atom is 0.432 e. The van der Waals surface area contributed by atoms with Gasteiger partial charge in [0.05, 0.1) is 13.2 Å². The van der Waals surface area contributed by atoms with Crippen LogP contribution in [-0.4, -0.2) is 18.3 Å². The lowest BCUT2D eigenvalue weighted by molar-refractivity contribution is -0.206. The first kappa shape index (κ1) is 25.8. The summed E-state index contributed by atoms with van der Waals surface area (Å²) >= 11 is 0. The molecule has 0 unspecified atom stereocenters. The van der Waals surface area contributed by atoms with E-state index >= 15 is 0 Å². The number of aromatic hydroxyl groups is 1. The molecular weight excluding hydrogens is 490 g/mol. The molecule has 0 radical (unpaired) electrons. The zero-order valence-corrected chi connectivity index (χ0v) is 19.0. The van der Waals surface area contributed by atoms with Crippen LogP contribution >= 0.6 is 0 Å². The van der Waals surface area contributed by atoms with Crippen LogP contribution in [0.2, 0.25) is 0 Å². The van der Waals surface area contributed by atoms with E-state index in [-0.39, 0.29) is 17.7 Å². The first-order valence-electron chi connectivity index (χ1n) is 11.2. The summed E-state index contributed by atoms with van der Waals surface area (Å²) in [5, 5.41) is 9.07. The molecule has 0 saturated carbocycles. The van der Waals surface area contributed by atoms with Gasteiger partial charge in [-0.3, -0.25) is 0 Å². The Balaban J connectivity index is 1.53. The van der Waals surface area contributed by atoms with Crippen molar-refractivity contribution in [2.45, 2.75) is 32.2 Å². The minimum Gasteiger partial charge on any atom is -0.503 e. The van der Waals surface area contributed by atoms with Crippen molar-refractivity contribution in [3.63, 3.8) is 0 Å². The van der Waals surface area contributed by atoms with Gasteiger partial charge in [0, 0.05) is 23.6 Å². The van der Waals surface area contributed by atoms with E-state index in [0.29, 0.717) is 42.4 Å². The van der Waals surface area contributed by atoms with E-state index in [1.807, 2.05) is 0 Å². The first-order valence-corrected chi connectivity index (χ1v) is 11.2. The van der Waals surface area contributed by atoms with Crippen molar-refractivity contribution in [2.75, 3.05) is 13.2 Å². The van der Waals surface area contributed by atoms with Crippen molar-refractivity contribution in [1.29, 1.82) is 0 Å². The van der Waals surface area contributed by atoms with Gasteiger partial charge in [-0.05, 0) is 29.7 Å². The highest BCUT2D eigenvalue weighted by molar-refractivity contribution is 5.64. The van der Waals surface area contributed by atoms with Crippen molar-refractivity contribution >= 4 is 0 Å². The lowest BCUT2D eigenvalue weighted by Crippen LogP contribution is -2.26. The normalized spacial score (nSPS) is 18.3. The van der Waals surface area contributed by atoms with Gasteiger partial charge in [-0.2, -0.15) is 8.78 Å². The van der Waals surface area contributed by atoms with Crippen molar-refractivity contribution in [3.8, 4) is 22.6 Å². The molecule has 4 rings (SSSR count). The van der Waals surface area contributed by atoms with Gasteiger partial charge in [0.25, 0.3) is 0 Å². The standard InChI is InChI=1S/C26H22F6O4/c1-2-3-14-12-34-25(35-13-14)16-6-4-15(5-7-16)17-8-19(27)23(20(28)9-17)26(31,32)36-18-10-21(29)24(33)22(30)11-18/h4-11,14,25,33H,2-3,12-13H2,1H3. The summed E-state index contributed by atoms with van der Waals surface area (Å²) in [5.74, 6) is -8.56. The number of ether oxygens (including phenoxy) is 3. The molecule has 10 heteroatoms. The fourth-order valence-electron chi connectivity index (χ4n) is 3.96. The second-order valence-electron chi connectivity index (χ2n) is 8.44. The van der Waals surface area contributed by atoms with Crippen LogP contribution in [0, 0.1) is 29.2 Å². The first-order chi connectivity index (χ1) is 17.1. The van der Waals surface area contributed by atoms with E-state index in [1.165, 1.54) is 0 Å². The molecule has 1 N–H and O–H groups in total. The van der Waals surface area contributed by atoms with Crippen LogP contribution in [0.25, 0.3) is 11.1 Å². The van der Waals surface area contributed by atoms with Crippen LogP contribution in [0.5, 0.6) is 11.5 Å². The third-order valence-corrected chi connectivity index (χ3v) is 5.75. The fraction of sp³-hybridized carbons (Fsp3) is 0.308. The Bertz CT molecular complexity index is 1180. The van der Waals surface area contributed by atoms with Gasteiger partial charge < -0.3 is 19.3 Å². The lowest BCUT2D eigenvalue weighted by Gasteiger charge is -2.29. The van der Waals surface area contributed by atoms with Crippen molar-refractivity contribution < 1.29 is 45.7 Å². The third-order valence-electron chi connectivity index (χ3n) is 5.75. The molecular formula is C26H22F6O4. The number of phenolic OH excluding ortho intramolecular Hbond substituents is 1. The third kappa shape index (κ3) is 5.44. The van der Waals surface area contributed by atoms with E-state index in [0.717, 1.165) is 12.8 Å². The molecule has 1 saturated heterocycles. The van der Waals surface area contributed by atoms with Crippen LogP contribution in [0.15, 0.2) is 48.5 Å². The number of halogens is 6. The monoisotopic (exact) mass is 512 g/mol. The van der Waals surface area contributed by atoms with E-state index in [9.17, 15) is 26.3 Å². The van der Waals surface area contributed by atoms with E-state index in [1.54, 1.807) is 24.3 Å². The second kappa shape index (κ2) is 10.4. The number of rotatable bonds is 7. The molecule has 0 aromatic heterocycles. The predicted octanol–water partition coefficient (Wildman–Crippen LogP) is 7.21. The second-order valence-corrected chi connectivity index (χ2v) is 8.44. The Morgan fingerprint density at radius 3 is 1.94 bits per heavy atom. The van der Waals surface area contributed by atoms with Gasteiger partial charge in [0.2, 0.25) is 0 Å². The average Bonchev–Trinajstić information content (AvgIpc) is 2.82. The Morgan fingerprint density at radius 1 is 0.861 bits per heavy atom. The number of alkyl halides is 2. The van der Waals surface area contributed by atoms with Crippen LogP contribution in [0.4, 0.5) is 26.3 Å². The SMILES string of the molecule is CCCC1COC(c2ccc(-c3cc(F)c(C(F)(F)Oc4cc(F)c(O)c(F)c4)c(F)c3)cc2)OC1. The Kier molecular flexibility index (Phi) is 7.46. The average molecular weight is 512 g/mol. The summed E-state index contributed by atoms with van der Waals surface area (Å²) in [6, 6.07) is 8.32. The van der Waals surface area contributed by atoms with Crippen molar-refractivity contribution in [3.05, 3.63) is 82.9 Å². The molecule has 0 amide bonds. The van der Waals surface area contributed by atoms with Crippen LogP contribution in [0.3, 0.4) is 0 Å². The quantitative estimate of drug-likeness (QED) is 0.340. The van der Waals surface area contributed by atoms with Crippen molar-refractivity contribution in [2.24, 2.45) is 5.92 Å². The summed E-state index contributed by atoms with van der Waals surface area (Å²) in [5.41, 5.74) is -0.719. The molecule has 0 bridgehead atoms. The molecule has 3 aromatic rings. The van der Waals surface area contributed by atoms with E-state index in [2.05, 4.69) is 11.7 Å². The fourth-order valence-corrected chi connectivity index (χ4v) is 3.96. The highest BCUT2D eigenvalue weighted by Gasteiger charge is 2.41. The summed E-state index contributed by atoms with van der Waals surface area (Å²) in [7, 11) is 0. The minimum atomic E-state index is -4.61. The summed E-state index contributed by atoms with van der Waals surface area (Å²) in [6.07, 6.45) is -3.17. The molecule has 3 aromatic carbocycles. The zero-order chi connectivity index (χ0) is 26.0. The number of benzene rings is 3. The van der Waals surface area contributed by atoms with Gasteiger partial charge >= 0.3 is 6.11 Å². The predicted molar refractivity (Wildman–Crippen MR) is 117 cm³/mol. The molecule has 1 aliphatic rings. The minimum absolute atomic E-state index is 0.0219. The van der Waals surface area contributed by atoms with Crippen LogP contribution < -0.4 is 4.74 Å². The summed E-state index contributed by atoms with van der Waals surface area (Å²) in [4.78, 5) is 0. The molecule has 0 atom stereocenters. The van der Waals surface area contributed by atoms with Gasteiger partial charge in [0.1, 0.15) is 22.9 Å². The molecule has 0 spiro atoms. The van der Waals surface area contributed by atoms with Crippen molar-refractivity contribution in [1.82, 2.24) is 0 Å². The largest absolute Gasteiger partial charge is 0.503 e. The van der Waals surface area contributed by atoms with E-state index < -0.39 is 52.7 Å². The lowest BCUT2D eigenvalue weighted by atomic mass is 10.0. The van der Waals surface area contributed by atoms with Crippen LogP contribution in [-0.2, 0) is 15.6 Å². The van der Waals surface area contributed by atoms with Gasteiger partial charge in [-0.25, -0.2) is 17.6 Å². The topological polar surface area (TPSA) is 47.9 Å². The highest BCUT2D eigenvalue weighted by atomic mass is 19.3. The maximum atomic E-state index is 14.7. The highest BCUT2D eigenvalue weighted by Crippen LogP contribution is 2.38. The molecule has 1 heterocycles. The van der Waals surface area contributed by atoms with E-state index in [4.69, 9.17) is 14.6 Å². The number of hydrogen-bond donors (Lipinski definition) is 1. The molecule has 0 aliphatic carbocycles. The molecule has 1 aliphatic heterocycles. The smallest absolute Gasteiger partial charge is 0.432 e. The van der Waals surface area contributed by atoms with Gasteiger partial charge in [-0.1, -0.05) is 37.6 Å². The summed E-state index contributed by atoms with van der Waals surface area (Å²) in [6.45, 7) is 3.19. The van der Waals surface area contributed by atoms with Gasteiger partial charge in [-0.15, -0.1) is 0 Å².